The van der Waals surface area contributed by atoms with E-state index in [1.165, 1.54) is 22.1 Å². The number of anilines is 1. The van der Waals surface area contributed by atoms with Crippen LogP contribution in [-0.4, -0.2) is 25.2 Å². The van der Waals surface area contributed by atoms with E-state index in [1.807, 2.05) is 0 Å². The molecule has 3 unspecified atom stereocenters. The zero-order chi connectivity index (χ0) is 15.6. The van der Waals surface area contributed by atoms with Gasteiger partial charge in [0.05, 0.1) is 0 Å². The van der Waals surface area contributed by atoms with Crippen molar-refractivity contribution in [1.82, 2.24) is 5.32 Å². The fraction of sp³-hybridized carbons (Fsp3) is 0.667. The maximum absolute atomic E-state index is 3.78. The van der Waals surface area contributed by atoms with Crippen LogP contribution in [0.3, 0.4) is 0 Å². The van der Waals surface area contributed by atoms with Crippen molar-refractivity contribution in [3.05, 3.63) is 28.2 Å². The number of nitrogens with one attached hydrogen (secondary N) is 1. The summed E-state index contributed by atoms with van der Waals surface area (Å²) >= 11 is 3.58. The first kappa shape index (κ1) is 16.8. The number of piperazine rings is 1. The second-order valence-corrected chi connectivity index (χ2v) is 7.71. The van der Waals surface area contributed by atoms with Crippen LogP contribution in [0.2, 0.25) is 0 Å². The molecule has 3 heteroatoms. The topological polar surface area (TPSA) is 15.3 Å². The minimum atomic E-state index is 0.574. The Balaban J connectivity index is 2.29. The molecule has 21 heavy (non-hydrogen) atoms. The lowest BCUT2D eigenvalue weighted by molar-refractivity contribution is 0.281. The van der Waals surface area contributed by atoms with Crippen molar-refractivity contribution in [2.45, 2.75) is 53.1 Å². The Kier molecular flexibility index (Phi) is 5.73. The van der Waals surface area contributed by atoms with Crippen molar-refractivity contribution in [3.63, 3.8) is 0 Å². The predicted octanol–water partition coefficient (Wildman–Crippen LogP) is 4.61. The second-order valence-electron chi connectivity index (χ2n) is 6.79. The van der Waals surface area contributed by atoms with E-state index in [0.717, 1.165) is 19.0 Å². The first-order valence-corrected chi connectivity index (χ1v) is 8.99. The van der Waals surface area contributed by atoms with Crippen molar-refractivity contribution in [2.75, 3.05) is 18.0 Å². The van der Waals surface area contributed by atoms with E-state index in [2.05, 4.69) is 79.0 Å². The van der Waals surface area contributed by atoms with Gasteiger partial charge in [0.2, 0.25) is 0 Å². The highest BCUT2D eigenvalue weighted by molar-refractivity contribution is 9.10. The Labute approximate surface area is 138 Å². The van der Waals surface area contributed by atoms with E-state index in [9.17, 15) is 0 Å². The fourth-order valence-electron chi connectivity index (χ4n) is 3.27. The molecule has 0 spiro atoms. The first-order chi connectivity index (χ1) is 9.93. The Morgan fingerprint density at radius 2 is 2.05 bits per heavy atom. The van der Waals surface area contributed by atoms with Crippen molar-refractivity contribution in [1.29, 1.82) is 0 Å². The summed E-state index contributed by atoms with van der Waals surface area (Å²) in [7, 11) is 0. The number of nitrogens with zero attached hydrogens (tertiary/aromatic N) is 1. The number of benzene rings is 1. The quantitative estimate of drug-likeness (QED) is 0.851. The highest BCUT2D eigenvalue weighted by atomic mass is 79.9. The SMILES string of the molecule is CCC(C)C1CN(c2ccc(Br)cc2C)C(C(C)C)CN1. The van der Waals surface area contributed by atoms with E-state index in [-0.39, 0.29) is 0 Å². The van der Waals surface area contributed by atoms with E-state index < -0.39 is 0 Å². The van der Waals surface area contributed by atoms with Gasteiger partial charge in [0.25, 0.3) is 0 Å². The number of halogens is 1. The molecular formula is C18H29BrN2. The highest BCUT2D eigenvalue weighted by Crippen LogP contribution is 2.30. The Morgan fingerprint density at radius 1 is 1.33 bits per heavy atom. The Morgan fingerprint density at radius 3 is 2.62 bits per heavy atom. The summed E-state index contributed by atoms with van der Waals surface area (Å²) in [4.78, 5) is 2.64. The average molecular weight is 353 g/mol. The molecule has 0 amide bonds. The zero-order valence-electron chi connectivity index (χ0n) is 14.0. The molecule has 1 fully saturated rings. The van der Waals surface area contributed by atoms with Crippen LogP contribution in [0.15, 0.2) is 22.7 Å². The summed E-state index contributed by atoms with van der Waals surface area (Å²) in [6.07, 6.45) is 1.23. The lowest BCUT2D eigenvalue weighted by Crippen LogP contribution is -2.60. The summed E-state index contributed by atoms with van der Waals surface area (Å²) in [6.45, 7) is 13.7. The van der Waals surface area contributed by atoms with Gasteiger partial charge in [0.15, 0.2) is 0 Å². The molecule has 1 N–H and O–H groups in total. The largest absolute Gasteiger partial charge is 0.365 e. The molecule has 2 nitrogen and oxygen atoms in total. The third-order valence-corrected chi connectivity index (χ3v) is 5.44. The smallest absolute Gasteiger partial charge is 0.0438 e. The molecule has 0 aliphatic carbocycles. The molecule has 3 atom stereocenters. The predicted molar refractivity (Wildman–Crippen MR) is 96.1 cm³/mol. The van der Waals surface area contributed by atoms with Crippen LogP contribution < -0.4 is 10.2 Å². The molecule has 118 valence electrons. The van der Waals surface area contributed by atoms with E-state index in [0.29, 0.717) is 18.0 Å². The maximum atomic E-state index is 3.78. The van der Waals surface area contributed by atoms with Crippen LogP contribution in [0.1, 0.15) is 39.7 Å². The van der Waals surface area contributed by atoms with Gasteiger partial charge in [-0.15, -0.1) is 0 Å². The molecule has 1 aromatic carbocycles. The number of rotatable bonds is 4. The lowest BCUT2D eigenvalue weighted by Gasteiger charge is -2.46. The van der Waals surface area contributed by atoms with Crippen LogP contribution in [0.25, 0.3) is 0 Å². The fourth-order valence-corrected chi connectivity index (χ4v) is 3.75. The molecule has 1 saturated heterocycles. The molecule has 1 aliphatic heterocycles. The van der Waals surface area contributed by atoms with Crippen molar-refractivity contribution in [3.8, 4) is 0 Å². The molecule has 0 saturated carbocycles. The summed E-state index contributed by atoms with van der Waals surface area (Å²) in [5, 5.41) is 3.78. The second kappa shape index (κ2) is 7.15. The van der Waals surface area contributed by atoms with Crippen molar-refractivity contribution in [2.24, 2.45) is 11.8 Å². The van der Waals surface area contributed by atoms with Crippen molar-refractivity contribution >= 4 is 21.6 Å². The van der Waals surface area contributed by atoms with Gasteiger partial charge < -0.3 is 10.2 Å². The Hall–Kier alpha value is -0.540. The van der Waals surface area contributed by atoms with Gasteiger partial charge in [-0.2, -0.15) is 0 Å². The average Bonchev–Trinajstić information content (AvgIpc) is 2.45. The maximum Gasteiger partial charge on any atom is 0.0438 e. The molecule has 1 aliphatic rings. The zero-order valence-corrected chi connectivity index (χ0v) is 15.6. The third-order valence-electron chi connectivity index (χ3n) is 4.95. The van der Waals surface area contributed by atoms with Gasteiger partial charge in [-0.1, -0.05) is 50.0 Å². The monoisotopic (exact) mass is 352 g/mol. The van der Waals surface area contributed by atoms with Gasteiger partial charge in [-0.05, 0) is 42.5 Å². The minimum Gasteiger partial charge on any atom is -0.365 e. The van der Waals surface area contributed by atoms with Gasteiger partial charge in [-0.25, -0.2) is 0 Å². The molecule has 0 radical (unpaired) electrons. The van der Waals surface area contributed by atoms with Crippen LogP contribution in [0, 0.1) is 18.8 Å². The van der Waals surface area contributed by atoms with Gasteiger partial charge in [-0.3, -0.25) is 0 Å². The van der Waals surface area contributed by atoms with E-state index in [1.54, 1.807) is 0 Å². The summed E-state index contributed by atoms with van der Waals surface area (Å²) in [6, 6.07) is 7.83. The van der Waals surface area contributed by atoms with Gasteiger partial charge in [0.1, 0.15) is 0 Å². The number of hydrogen-bond donors (Lipinski definition) is 1. The van der Waals surface area contributed by atoms with Crippen LogP contribution in [0.5, 0.6) is 0 Å². The molecule has 1 aromatic rings. The molecule has 0 aromatic heterocycles. The Bertz CT molecular complexity index is 472. The highest BCUT2D eigenvalue weighted by Gasteiger charge is 2.32. The molecular weight excluding hydrogens is 324 g/mol. The third kappa shape index (κ3) is 3.81. The van der Waals surface area contributed by atoms with Gasteiger partial charge >= 0.3 is 0 Å². The van der Waals surface area contributed by atoms with Gasteiger partial charge in [0, 0.05) is 35.3 Å². The summed E-state index contributed by atoms with van der Waals surface area (Å²) in [5.41, 5.74) is 2.76. The van der Waals surface area contributed by atoms with E-state index >= 15 is 0 Å². The molecule has 2 rings (SSSR count). The van der Waals surface area contributed by atoms with Crippen LogP contribution in [0.4, 0.5) is 5.69 Å². The summed E-state index contributed by atoms with van der Waals surface area (Å²) in [5.74, 6) is 1.37. The first-order valence-electron chi connectivity index (χ1n) is 8.20. The van der Waals surface area contributed by atoms with Crippen molar-refractivity contribution < 1.29 is 0 Å². The van der Waals surface area contributed by atoms with Crippen LogP contribution in [-0.2, 0) is 0 Å². The summed E-state index contributed by atoms with van der Waals surface area (Å²) < 4.78 is 1.17. The molecule has 1 heterocycles. The number of aryl methyl sites for hydroxylation is 1. The minimum absolute atomic E-state index is 0.574. The normalized spacial score (nSPS) is 24.4. The number of hydrogen-bond acceptors (Lipinski definition) is 2. The van der Waals surface area contributed by atoms with E-state index in [4.69, 9.17) is 0 Å². The van der Waals surface area contributed by atoms with Crippen LogP contribution >= 0.6 is 15.9 Å². The molecule has 0 bridgehead atoms. The lowest BCUT2D eigenvalue weighted by atomic mass is 9.91. The standard InChI is InChI=1S/C18H29BrN2/c1-6-13(4)16-11-21(18(10-20-16)12(2)3)17-8-7-15(19)9-14(17)5/h7-9,12-13,16,18,20H,6,10-11H2,1-5H3.